The van der Waals surface area contributed by atoms with Crippen LogP contribution < -0.4 is 0 Å². The van der Waals surface area contributed by atoms with Crippen LogP contribution in [-0.2, 0) is 25.5 Å². The van der Waals surface area contributed by atoms with E-state index in [9.17, 15) is 9.59 Å². The van der Waals surface area contributed by atoms with E-state index in [1.54, 1.807) is 39.2 Å². The standard InChI is InChI=1S/C18H24O5/c1-5-11-18(4,12-10-14-9-8-13-23-14)15(16(19)21-6-2)17(20)22-7-3/h8-9,11,13,15H,1,6-7,10,12H2,2-4H3. The van der Waals surface area contributed by atoms with Crippen molar-refractivity contribution in [3.8, 4) is 0 Å². The largest absolute Gasteiger partial charge is 0.469 e. The van der Waals surface area contributed by atoms with Crippen LogP contribution in [0.4, 0.5) is 0 Å². The van der Waals surface area contributed by atoms with Gasteiger partial charge in [-0.25, -0.2) is 0 Å². The lowest BCUT2D eigenvalue weighted by Gasteiger charge is -2.31. The molecule has 1 rings (SSSR count). The Morgan fingerprint density at radius 2 is 1.96 bits per heavy atom. The van der Waals surface area contributed by atoms with Crippen LogP contribution in [0, 0.1) is 11.3 Å². The van der Waals surface area contributed by atoms with Gasteiger partial charge < -0.3 is 13.9 Å². The molecule has 1 atom stereocenters. The molecule has 5 heteroatoms. The normalized spacial score (nSPS) is 13.0. The van der Waals surface area contributed by atoms with Crippen LogP contribution in [0.5, 0.6) is 0 Å². The summed E-state index contributed by atoms with van der Waals surface area (Å²) in [7, 11) is 0. The molecule has 1 aromatic heterocycles. The van der Waals surface area contributed by atoms with E-state index in [0.717, 1.165) is 5.76 Å². The second-order valence-electron chi connectivity index (χ2n) is 5.37. The number of rotatable bonds is 9. The minimum absolute atomic E-state index is 0.195. The molecule has 0 saturated heterocycles. The third kappa shape index (κ3) is 5.15. The topological polar surface area (TPSA) is 65.7 Å². The molecular formula is C18H24O5. The minimum Gasteiger partial charge on any atom is -0.469 e. The molecule has 1 heterocycles. The maximum atomic E-state index is 12.3. The van der Waals surface area contributed by atoms with Crippen molar-refractivity contribution in [2.45, 2.75) is 33.6 Å². The smallest absolute Gasteiger partial charge is 0.321 e. The third-order valence-electron chi connectivity index (χ3n) is 3.63. The number of esters is 2. The van der Waals surface area contributed by atoms with Gasteiger partial charge in [0.15, 0.2) is 5.92 Å². The van der Waals surface area contributed by atoms with Crippen molar-refractivity contribution in [1.29, 1.82) is 0 Å². The van der Waals surface area contributed by atoms with Crippen molar-refractivity contribution < 1.29 is 23.5 Å². The molecule has 0 bridgehead atoms. The van der Waals surface area contributed by atoms with Crippen LogP contribution >= 0.6 is 0 Å². The van der Waals surface area contributed by atoms with E-state index in [0.29, 0.717) is 12.8 Å². The van der Waals surface area contributed by atoms with E-state index in [1.807, 2.05) is 6.07 Å². The highest BCUT2D eigenvalue weighted by Gasteiger charge is 2.44. The quantitative estimate of drug-likeness (QED) is 0.397. The molecule has 0 aromatic carbocycles. The van der Waals surface area contributed by atoms with Crippen molar-refractivity contribution in [1.82, 2.24) is 0 Å². The number of ether oxygens (including phenoxy) is 2. The van der Waals surface area contributed by atoms with Gasteiger partial charge in [-0.15, -0.1) is 5.73 Å². The molecule has 23 heavy (non-hydrogen) atoms. The molecule has 0 amide bonds. The summed E-state index contributed by atoms with van der Waals surface area (Å²) in [5, 5.41) is 0. The Hall–Kier alpha value is -2.26. The molecule has 1 unspecified atom stereocenters. The molecule has 0 radical (unpaired) electrons. The van der Waals surface area contributed by atoms with E-state index in [2.05, 4.69) is 12.3 Å². The van der Waals surface area contributed by atoms with Gasteiger partial charge in [-0.2, -0.15) is 0 Å². The van der Waals surface area contributed by atoms with Gasteiger partial charge in [-0.05, 0) is 38.5 Å². The summed E-state index contributed by atoms with van der Waals surface area (Å²) in [4.78, 5) is 24.7. The Kier molecular flexibility index (Phi) is 7.36. The molecule has 5 nitrogen and oxygen atoms in total. The fraction of sp³-hybridized carbons (Fsp3) is 0.500. The molecule has 1 aromatic rings. The number of hydrogen-bond acceptors (Lipinski definition) is 5. The predicted molar refractivity (Wildman–Crippen MR) is 85.6 cm³/mol. The maximum Gasteiger partial charge on any atom is 0.321 e. The zero-order valence-corrected chi connectivity index (χ0v) is 14.0. The van der Waals surface area contributed by atoms with Gasteiger partial charge in [0.2, 0.25) is 0 Å². The monoisotopic (exact) mass is 320 g/mol. The van der Waals surface area contributed by atoms with Crippen LogP contribution in [0.3, 0.4) is 0 Å². The van der Waals surface area contributed by atoms with Gasteiger partial charge in [0.25, 0.3) is 0 Å². The van der Waals surface area contributed by atoms with Crippen LogP contribution in [0.15, 0.2) is 41.2 Å². The molecule has 0 aliphatic heterocycles. The van der Waals surface area contributed by atoms with Gasteiger partial charge in [0.05, 0.1) is 19.5 Å². The van der Waals surface area contributed by atoms with Crippen LogP contribution in [-0.4, -0.2) is 25.2 Å². The molecule has 0 fully saturated rings. The van der Waals surface area contributed by atoms with E-state index in [4.69, 9.17) is 13.9 Å². The zero-order valence-electron chi connectivity index (χ0n) is 14.0. The van der Waals surface area contributed by atoms with Crippen LogP contribution in [0.1, 0.15) is 33.0 Å². The first-order chi connectivity index (χ1) is 11.0. The highest BCUT2D eigenvalue weighted by atomic mass is 16.6. The maximum absolute atomic E-state index is 12.3. The van der Waals surface area contributed by atoms with E-state index in [1.165, 1.54) is 0 Å². The number of carbonyl (C=O) groups excluding carboxylic acids is 2. The van der Waals surface area contributed by atoms with Gasteiger partial charge in [-0.3, -0.25) is 9.59 Å². The summed E-state index contributed by atoms with van der Waals surface area (Å²) < 4.78 is 15.5. The zero-order chi connectivity index (χ0) is 17.3. The Labute approximate surface area is 137 Å². The fourth-order valence-electron chi connectivity index (χ4n) is 2.47. The fourth-order valence-corrected chi connectivity index (χ4v) is 2.47. The first-order valence-corrected chi connectivity index (χ1v) is 7.71. The van der Waals surface area contributed by atoms with Gasteiger partial charge in [-0.1, -0.05) is 13.5 Å². The molecule has 0 spiro atoms. The Bertz CT molecular complexity index is 536. The summed E-state index contributed by atoms with van der Waals surface area (Å²) >= 11 is 0. The van der Waals surface area contributed by atoms with Gasteiger partial charge in [0, 0.05) is 11.8 Å². The number of carbonyl (C=O) groups is 2. The first-order valence-electron chi connectivity index (χ1n) is 7.71. The van der Waals surface area contributed by atoms with Gasteiger partial charge in [0.1, 0.15) is 5.76 Å². The van der Waals surface area contributed by atoms with Crippen molar-refractivity contribution in [2.75, 3.05) is 13.2 Å². The Balaban J connectivity index is 3.07. The van der Waals surface area contributed by atoms with E-state index >= 15 is 0 Å². The molecule has 126 valence electrons. The molecule has 0 N–H and O–H groups in total. The van der Waals surface area contributed by atoms with Crippen LogP contribution in [0.25, 0.3) is 0 Å². The second-order valence-corrected chi connectivity index (χ2v) is 5.37. The average molecular weight is 320 g/mol. The summed E-state index contributed by atoms with van der Waals surface area (Å²) in [5.41, 5.74) is 1.87. The summed E-state index contributed by atoms with van der Waals surface area (Å²) in [6.45, 7) is 9.16. The summed E-state index contributed by atoms with van der Waals surface area (Å²) in [6, 6.07) is 3.64. The van der Waals surface area contributed by atoms with E-state index < -0.39 is 23.3 Å². The Morgan fingerprint density at radius 1 is 1.35 bits per heavy atom. The summed E-state index contributed by atoms with van der Waals surface area (Å²) in [5.74, 6) is -1.48. The number of aryl methyl sites for hydroxylation is 1. The average Bonchev–Trinajstić information content (AvgIpc) is 2.99. The van der Waals surface area contributed by atoms with Crippen LogP contribution in [0.2, 0.25) is 0 Å². The third-order valence-corrected chi connectivity index (χ3v) is 3.63. The highest BCUT2D eigenvalue weighted by Crippen LogP contribution is 2.36. The minimum atomic E-state index is -1.06. The highest BCUT2D eigenvalue weighted by molar-refractivity contribution is 5.96. The predicted octanol–water partition coefficient (Wildman–Crippen LogP) is 3.30. The summed E-state index contributed by atoms with van der Waals surface area (Å²) in [6.07, 6.45) is 4.28. The lowest BCUT2D eigenvalue weighted by molar-refractivity contribution is -0.166. The first kappa shape index (κ1) is 18.8. The van der Waals surface area contributed by atoms with E-state index in [-0.39, 0.29) is 13.2 Å². The number of hydrogen-bond donors (Lipinski definition) is 0. The SMILES string of the molecule is C=C=CC(C)(CCc1ccco1)C(C(=O)OCC)C(=O)OCC. The van der Waals surface area contributed by atoms with Crippen molar-refractivity contribution >= 4 is 11.9 Å². The molecule has 0 aliphatic rings. The second kappa shape index (κ2) is 9.01. The van der Waals surface area contributed by atoms with Gasteiger partial charge >= 0.3 is 11.9 Å². The molecule has 0 saturated carbocycles. The molecular weight excluding hydrogens is 296 g/mol. The molecule has 0 aliphatic carbocycles. The van der Waals surface area contributed by atoms with Crippen molar-refractivity contribution in [3.05, 3.63) is 42.5 Å². The number of allylic oxidation sites excluding steroid dienone is 1. The lowest BCUT2D eigenvalue weighted by Crippen LogP contribution is -2.40. The van der Waals surface area contributed by atoms with Crippen molar-refractivity contribution in [2.24, 2.45) is 11.3 Å². The lowest BCUT2D eigenvalue weighted by atomic mass is 9.73. The Morgan fingerprint density at radius 3 is 2.39 bits per heavy atom. The van der Waals surface area contributed by atoms with Crippen molar-refractivity contribution in [3.63, 3.8) is 0 Å². The number of furan rings is 1.